The number of esters is 1. The van der Waals surface area contributed by atoms with Crippen LogP contribution in [0.4, 0.5) is 0 Å². The number of carbonyl (C=O) groups excluding carboxylic acids is 1. The van der Waals surface area contributed by atoms with Crippen LogP contribution in [0.1, 0.15) is 17.4 Å². The van der Waals surface area contributed by atoms with Gasteiger partial charge >= 0.3 is 5.97 Å². The Bertz CT molecular complexity index is 522. The van der Waals surface area contributed by atoms with E-state index in [2.05, 4.69) is 5.32 Å². The Morgan fingerprint density at radius 3 is 2.68 bits per heavy atom. The van der Waals surface area contributed by atoms with Gasteiger partial charge in [-0.2, -0.15) is 0 Å². The minimum absolute atomic E-state index is 0.353. The van der Waals surface area contributed by atoms with E-state index in [1.807, 2.05) is 6.07 Å². The van der Waals surface area contributed by atoms with Gasteiger partial charge in [0.1, 0.15) is 11.8 Å². The van der Waals surface area contributed by atoms with E-state index in [4.69, 9.17) is 20.8 Å². The molecule has 19 heavy (non-hydrogen) atoms. The molecule has 2 aromatic rings. The van der Waals surface area contributed by atoms with Crippen LogP contribution in [0.5, 0.6) is 0 Å². The van der Waals surface area contributed by atoms with Crippen molar-refractivity contribution in [2.24, 2.45) is 0 Å². The Hall–Kier alpha value is -1.78. The molecule has 1 heterocycles. The zero-order chi connectivity index (χ0) is 13.7. The van der Waals surface area contributed by atoms with Gasteiger partial charge in [0.05, 0.1) is 19.9 Å². The highest BCUT2D eigenvalue weighted by molar-refractivity contribution is 6.30. The molecule has 2 rings (SSSR count). The molecule has 0 aliphatic heterocycles. The first-order valence-corrected chi connectivity index (χ1v) is 6.17. The largest absolute Gasteiger partial charge is 0.468 e. The molecule has 0 aliphatic carbocycles. The van der Waals surface area contributed by atoms with Gasteiger partial charge < -0.3 is 9.15 Å². The number of carbonyl (C=O) groups is 1. The third-order valence-corrected chi connectivity index (χ3v) is 2.95. The summed E-state index contributed by atoms with van der Waals surface area (Å²) in [7, 11) is 1.36. The normalized spacial score (nSPS) is 12.1. The third-order valence-electron chi connectivity index (χ3n) is 2.70. The highest BCUT2D eigenvalue weighted by Crippen LogP contribution is 2.18. The number of halogens is 1. The number of methoxy groups -OCH3 is 1. The van der Waals surface area contributed by atoms with Gasteiger partial charge in [-0.05, 0) is 29.8 Å². The van der Waals surface area contributed by atoms with Gasteiger partial charge in [0, 0.05) is 5.02 Å². The molecule has 0 saturated heterocycles. The molecule has 0 bridgehead atoms. The first kappa shape index (κ1) is 13.6. The van der Waals surface area contributed by atoms with E-state index in [0.29, 0.717) is 11.6 Å². The van der Waals surface area contributed by atoms with Gasteiger partial charge in [0.25, 0.3) is 0 Å². The minimum Gasteiger partial charge on any atom is -0.468 e. The SMILES string of the molecule is COC(=O)C(NCc1ccco1)c1ccc(Cl)cc1. The maximum absolute atomic E-state index is 11.8. The van der Waals surface area contributed by atoms with E-state index in [1.54, 1.807) is 36.6 Å². The highest BCUT2D eigenvalue weighted by Gasteiger charge is 2.21. The molecule has 5 heteroatoms. The van der Waals surface area contributed by atoms with Crippen molar-refractivity contribution in [2.75, 3.05) is 7.11 Å². The molecule has 0 radical (unpaired) electrons. The Balaban J connectivity index is 2.11. The van der Waals surface area contributed by atoms with Crippen molar-refractivity contribution in [3.8, 4) is 0 Å². The summed E-state index contributed by atoms with van der Waals surface area (Å²) >= 11 is 5.84. The van der Waals surface area contributed by atoms with E-state index >= 15 is 0 Å². The van der Waals surface area contributed by atoms with E-state index in [9.17, 15) is 4.79 Å². The van der Waals surface area contributed by atoms with Gasteiger partial charge in [-0.15, -0.1) is 0 Å². The number of furan rings is 1. The number of rotatable bonds is 5. The van der Waals surface area contributed by atoms with E-state index in [1.165, 1.54) is 7.11 Å². The average molecular weight is 280 g/mol. The van der Waals surface area contributed by atoms with E-state index in [0.717, 1.165) is 11.3 Å². The average Bonchev–Trinajstić information content (AvgIpc) is 2.93. The van der Waals surface area contributed by atoms with Crippen molar-refractivity contribution in [3.05, 3.63) is 59.0 Å². The van der Waals surface area contributed by atoms with Crippen LogP contribution in [0.15, 0.2) is 47.1 Å². The lowest BCUT2D eigenvalue weighted by Gasteiger charge is -2.16. The molecule has 4 nitrogen and oxygen atoms in total. The molecule has 1 aromatic carbocycles. The molecular weight excluding hydrogens is 266 g/mol. The standard InChI is InChI=1S/C14H14ClNO3/c1-18-14(17)13(10-4-6-11(15)7-5-10)16-9-12-3-2-8-19-12/h2-8,13,16H,9H2,1H3. The molecule has 0 aliphatic rings. The molecular formula is C14H14ClNO3. The van der Waals surface area contributed by atoms with Crippen LogP contribution in [0.25, 0.3) is 0 Å². The van der Waals surface area contributed by atoms with E-state index in [-0.39, 0.29) is 5.97 Å². The number of ether oxygens (including phenoxy) is 1. The predicted octanol–water partition coefficient (Wildman–Crippen LogP) is 2.94. The molecule has 0 saturated carbocycles. The molecule has 100 valence electrons. The summed E-state index contributed by atoms with van der Waals surface area (Å²) < 4.78 is 10.0. The van der Waals surface area contributed by atoms with Crippen molar-refractivity contribution < 1.29 is 13.9 Å². The molecule has 1 N–H and O–H groups in total. The van der Waals surface area contributed by atoms with Crippen LogP contribution in [-0.2, 0) is 16.1 Å². The summed E-state index contributed by atoms with van der Waals surface area (Å²) in [5.41, 5.74) is 0.794. The van der Waals surface area contributed by atoms with Gasteiger partial charge in [-0.25, -0.2) is 4.79 Å². The molecule has 1 atom stereocenters. The third kappa shape index (κ3) is 3.59. The lowest BCUT2D eigenvalue weighted by atomic mass is 10.1. The maximum Gasteiger partial charge on any atom is 0.327 e. The van der Waals surface area contributed by atoms with Crippen LogP contribution in [0.3, 0.4) is 0 Å². The Morgan fingerprint density at radius 2 is 2.11 bits per heavy atom. The second-order valence-corrected chi connectivity index (χ2v) is 4.40. The molecule has 0 fully saturated rings. The van der Waals surface area contributed by atoms with Crippen LogP contribution < -0.4 is 5.32 Å². The highest BCUT2D eigenvalue weighted by atomic mass is 35.5. The number of hydrogen-bond donors (Lipinski definition) is 1. The molecule has 1 unspecified atom stereocenters. The summed E-state index contributed by atoms with van der Waals surface area (Å²) in [4.78, 5) is 11.8. The first-order chi connectivity index (χ1) is 9.20. The zero-order valence-electron chi connectivity index (χ0n) is 10.4. The summed E-state index contributed by atoms with van der Waals surface area (Å²) in [6, 6.07) is 10.1. The fourth-order valence-corrected chi connectivity index (χ4v) is 1.85. The van der Waals surface area contributed by atoms with Gasteiger partial charge in [0.15, 0.2) is 0 Å². The summed E-state index contributed by atoms with van der Waals surface area (Å²) in [5.74, 6) is 0.400. The Kier molecular flexibility index (Phi) is 4.60. The van der Waals surface area contributed by atoms with Crippen LogP contribution in [0.2, 0.25) is 5.02 Å². The van der Waals surface area contributed by atoms with Crippen LogP contribution in [0, 0.1) is 0 Å². The first-order valence-electron chi connectivity index (χ1n) is 5.80. The lowest BCUT2D eigenvalue weighted by Crippen LogP contribution is -2.29. The van der Waals surface area contributed by atoms with Gasteiger partial charge in [-0.1, -0.05) is 23.7 Å². The number of benzene rings is 1. The molecule has 0 amide bonds. The lowest BCUT2D eigenvalue weighted by molar-refractivity contribution is -0.143. The van der Waals surface area contributed by atoms with Crippen LogP contribution in [-0.4, -0.2) is 13.1 Å². The fraction of sp³-hybridized carbons (Fsp3) is 0.214. The smallest absolute Gasteiger partial charge is 0.327 e. The van der Waals surface area contributed by atoms with Crippen molar-refractivity contribution in [1.82, 2.24) is 5.32 Å². The Labute approximate surface area is 116 Å². The second kappa shape index (κ2) is 6.41. The number of hydrogen-bond acceptors (Lipinski definition) is 4. The Morgan fingerprint density at radius 1 is 1.37 bits per heavy atom. The second-order valence-electron chi connectivity index (χ2n) is 3.97. The zero-order valence-corrected chi connectivity index (χ0v) is 11.2. The predicted molar refractivity (Wildman–Crippen MR) is 71.8 cm³/mol. The van der Waals surface area contributed by atoms with Gasteiger partial charge in [-0.3, -0.25) is 5.32 Å². The number of nitrogens with one attached hydrogen (secondary N) is 1. The van der Waals surface area contributed by atoms with Crippen LogP contribution >= 0.6 is 11.6 Å². The minimum atomic E-state index is -0.549. The van der Waals surface area contributed by atoms with E-state index < -0.39 is 6.04 Å². The summed E-state index contributed by atoms with van der Waals surface area (Å²) in [5, 5.41) is 3.72. The van der Waals surface area contributed by atoms with Crippen molar-refractivity contribution >= 4 is 17.6 Å². The van der Waals surface area contributed by atoms with Crippen molar-refractivity contribution in [2.45, 2.75) is 12.6 Å². The van der Waals surface area contributed by atoms with Crippen molar-refractivity contribution in [3.63, 3.8) is 0 Å². The maximum atomic E-state index is 11.8. The monoisotopic (exact) mass is 279 g/mol. The van der Waals surface area contributed by atoms with Crippen molar-refractivity contribution in [1.29, 1.82) is 0 Å². The molecule has 1 aromatic heterocycles. The topological polar surface area (TPSA) is 51.5 Å². The molecule has 0 spiro atoms. The summed E-state index contributed by atoms with van der Waals surface area (Å²) in [6.07, 6.45) is 1.59. The fourth-order valence-electron chi connectivity index (χ4n) is 1.73. The quantitative estimate of drug-likeness (QED) is 0.855. The van der Waals surface area contributed by atoms with Gasteiger partial charge in [0.2, 0.25) is 0 Å². The summed E-state index contributed by atoms with van der Waals surface area (Å²) in [6.45, 7) is 0.440.